The number of likely N-dealkylation sites (N-methyl/N-ethyl adjacent to an activating group) is 1. The first kappa shape index (κ1) is 17.9. The summed E-state index contributed by atoms with van der Waals surface area (Å²) in [4.78, 5) is 2.59. The van der Waals surface area contributed by atoms with Crippen LogP contribution in [0.5, 0.6) is 0 Å². The van der Waals surface area contributed by atoms with Crippen LogP contribution in [0.15, 0.2) is 0 Å². The van der Waals surface area contributed by atoms with Crippen LogP contribution in [0.1, 0.15) is 59.3 Å². The van der Waals surface area contributed by atoms with Crippen LogP contribution >= 0.6 is 0 Å². The van der Waals surface area contributed by atoms with Gasteiger partial charge in [-0.25, -0.2) is 0 Å². The Morgan fingerprint density at radius 1 is 1.25 bits per heavy atom. The molecule has 0 bridgehead atoms. The second kappa shape index (κ2) is 10.6. The average Bonchev–Trinajstić information content (AvgIpc) is 2.46. The van der Waals surface area contributed by atoms with E-state index < -0.39 is 0 Å². The number of ether oxygens (including phenoxy) is 1. The summed E-state index contributed by atoms with van der Waals surface area (Å²) in [6, 6.07) is 1.29. The molecule has 3 nitrogen and oxygen atoms in total. The van der Waals surface area contributed by atoms with Crippen molar-refractivity contribution in [3.05, 3.63) is 0 Å². The van der Waals surface area contributed by atoms with E-state index in [-0.39, 0.29) is 0 Å². The smallest absolute Gasteiger partial charge is 0.0506 e. The number of hydrogen-bond acceptors (Lipinski definition) is 3. The molecule has 3 heteroatoms. The second-order valence-corrected chi connectivity index (χ2v) is 6.35. The largest absolute Gasteiger partial charge is 0.381 e. The Labute approximate surface area is 126 Å². The predicted octanol–water partition coefficient (Wildman–Crippen LogP) is 3.29. The molecule has 0 amide bonds. The molecular formula is C17H36N2O. The molecule has 0 aromatic carbocycles. The molecule has 0 aromatic rings. The standard InChI is InChI=1S/C17H36N2O/c1-5-9-16(18-11-6-2)17(7-3)19(4)13-15-10-8-12-20-14-15/h15-18H,5-14H2,1-4H3. The van der Waals surface area contributed by atoms with Crippen molar-refractivity contribution in [2.45, 2.75) is 71.4 Å². The van der Waals surface area contributed by atoms with Crippen molar-refractivity contribution in [3.8, 4) is 0 Å². The molecule has 1 saturated heterocycles. The first-order valence-electron chi connectivity index (χ1n) is 8.74. The van der Waals surface area contributed by atoms with Gasteiger partial charge in [-0.2, -0.15) is 0 Å². The van der Waals surface area contributed by atoms with Crippen LogP contribution in [-0.2, 0) is 4.74 Å². The van der Waals surface area contributed by atoms with Crippen molar-refractivity contribution in [3.63, 3.8) is 0 Å². The lowest BCUT2D eigenvalue weighted by atomic mass is 9.96. The van der Waals surface area contributed by atoms with Gasteiger partial charge in [-0.1, -0.05) is 27.2 Å². The van der Waals surface area contributed by atoms with Crippen molar-refractivity contribution < 1.29 is 4.74 Å². The molecule has 1 fully saturated rings. The highest BCUT2D eigenvalue weighted by atomic mass is 16.5. The third-order valence-electron chi connectivity index (χ3n) is 4.51. The van der Waals surface area contributed by atoms with Gasteiger partial charge < -0.3 is 15.0 Å². The molecule has 120 valence electrons. The minimum Gasteiger partial charge on any atom is -0.381 e. The first-order valence-corrected chi connectivity index (χ1v) is 8.74. The fraction of sp³-hybridized carbons (Fsp3) is 1.00. The van der Waals surface area contributed by atoms with Crippen LogP contribution in [0.2, 0.25) is 0 Å². The highest BCUT2D eigenvalue weighted by molar-refractivity contribution is 4.83. The first-order chi connectivity index (χ1) is 9.72. The normalized spacial score (nSPS) is 22.9. The molecule has 1 aliphatic heterocycles. The third-order valence-corrected chi connectivity index (χ3v) is 4.51. The molecular weight excluding hydrogens is 248 g/mol. The van der Waals surface area contributed by atoms with Crippen molar-refractivity contribution in [2.75, 3.05) is 33.4 Å². The molecule has 0 aliphatic carbocycles. The van der Waals surface area contributed by atoms with E-state index in [0.717, 1.165) is 25.7 Å². The Morgan fingerprint density at radius 2 is 2.05 bits per heavy atom. The summed E-state index contributed by atoms with van der Waals surface area (Å²) < 4.78 is 5.63. The van der Waals surface area contributed by atoms with Crippen LogP contribution < -0.4 is 5.32 Å². The fourth-order valence-corrected chi connectivity index (χ4v) is 3.47. The summed E-state index contributed by atoms with van der Waals surface area (Å²) in [5, 5.41) is 3.77. The van der Waals surface area contributed by atoms with Crippen LogP contribution in [0.3, 0.4) is 0 Å². The third kappa shape index (κ3) is 6.11. The van der Waals surface area contributed by atoms with E-state index >= 15 is 0 Å². The van der Waals surface area contributed by atoms with Gasteiger partial charge in [-0.05, 0) is 51.6 Å². The summed E-state index contributed by atoms with van der Waals surface area (Å²) >= 11 is 0. The van der Waals surface area contributed by atoms with E-state index in [1.165, 1.54) is 45.1 Å². The molecule has 20 heavy (non-hydrogen) atoms. The van der Waals surface area contributed by atoms with E-state index in [1.807, 2.05) is 0 Å². The van der Waals surface area contributed by atoms with Gasteiger partial charge in [0.15, 0.2) is 0 Å². The topological polar surface area (TPSA) is 24.5 Å². The van der Waals surface area contributed by atoms with Gasteiger partial charge in [0, 0.05) is 25.2 Å². The predicted molar refractivity (Wildman–Crippen MR) is 87.2 cm³/mol. The summed E-state index contributed by atoms with van der Waals surface area (Å²) in [5.41, 5.74) is 0. The number of hydrogen-bond donors (Lipinski definition) is 1. The summed E-state index contributed by atoms with van der Waals surface area (Å²) in [5.74, 6) is 0.733. The van der Waals surface area contributed by atoms with Gasteiger partial charge in [-0.3, -0.25) is 0 Å². The minimum atomic E-state index is 0.638. The van der Waals surface area contributed by atoms with Gasteiger partial charge >= 0.3 is 0 Å². The zero-order chi connectivity index (χ0) is 14.8. The molecule has 3 unspecified atom stereocenters. The van der Waals surface area contributed by atoms with Crippen molar-refractivity contribution in [1.29, 1.82) is 0 Å². The van der Waals surface area contributed by atoms with E-state index in [2.05, 4.69) is 38.0 Å². The van der Waals surface area contributed by atoms with E-state index in [1.54, 1.807) is 0 Å². The monoisotopic (exact) mass is 284 g/mol. The van der Waals surface area contributed by atoms with E-state index in [9.17, 15) is 0 Å². The highest BCUT2D eigenvalue weighted by Gasteiger charge is 2.25. The van der Waals surface area contributed by atoms with Crippen LogP contribution in [0.25, 0.3) is 0 Å². The minimum absolute atomic E-state index is 0.638. The Kier molecular flexibility index (Phi) is 9.49. The summed E-state index contributed by atoms with van der Waals surface area (Å²) in [6.07, 6.45) is 7.56. The van der Waals surface area contributed by atoms with E-state index in [4.69, 9.17) is 4.74 Å². The lowest BCUT2D eigenvalue weighted by Crippen LogP contribution is -2.50. The molecule has 0 radical (unpaired) electrons. The Hall–Kier alpha value is -0.120. The number of rotatable bonds is 10. The molecule has 1 rings (SSSR count). The lowest BCUT2D eigenvalue weighted by Gasteiger charge is -2.37. The Balaban J connectivity index is 2.50. The summed E-state index contributed by atoms with van der Waals surface area (Å²) in [6.45, 7) is 11.1. The van der Waals surface area contributed by atoms with Crippen LogP contribution in [-0.4, -0.2) is 50.3 Å². The van der Waals surface area contributed by atoms with Crippen LogP contribution in [0, 0.1) is 5.92 Å². The molecule has 1 N–H and O–H groups in total. The van der Waals surface area contributed by atoms with Gasteiger partial charge in [0.25, 0.3) is 0 Å². The van der Waals surface area contributed by atoms with Gasteiger partial charge in [0.1, 0.15) is 0 Å². The van der Waals surface area contributed by atoms with Gasteiger partial charge in [0.05, 0.1) is 6.61 Å². The second-order valence-electron chi connectivity index (χ2n) is 6.35. The van der Waals surface area contributed by atoms with Crippen molar-refractivity contribution in [2.24, 2.45) is 5.92 Å². The molecule has 1 heterocycles. The SMILES string of the molecule is CCCNC(CCC)C(CC)N(C)CC1CCCOC1. The summed E-state index contributed by atoms with van der Waals surface area (Å²) in [7, 11) is 2.30. The van der Waals surface area contributed by atoms with Gasteiger partial charge in [-0.15, -0.1) is 0 Å². The zero-order valence-corrected chi connectivity index (χ0v) is 14.2. The highest BCUT2D eigenvalue weighted by Crippen LogP contribution is 2.19. The fourth-order valence-electron chi connectivity index (χ4n) is 3.47. The quantitative estimate of drug-likeness (QED) is 0.666. The number of nitrogens with zero attached hydrogens (tertiary/aromatic N) is 1. The zero-order valence-electron chi connectivity index (χ0n) is 14.2. The molecule has 0 saturated carbocycles. The lowest BCUT2D eigenvalue weighted by molar-refractivity contribution is 0.0321. The van der Waals surface area contributed by atoms with Crippen LogP contribution in [0.4, 0.5) is 0 Å². The van der Waals surface area contributed by atoms with Gasteiger partial charge in [0.2, 0.25) is 0 Å². The number of nitrogens with one attached hydrogen (secondary N) is 1. The van der Waals surface area contributed by atoms with Crippen molar-refractivity contribution in [1.82, 2.24) is 10.2 Å². The maximum Gasteiger partial charge on any atom is 0.0506 e. The molecule has 1 aliphatic rings. The average molecular weight is 284 g/mol. The molecule has 3 atom stereocenters. The Bertz CT molecular complexity index is 229. The molecule has 0 aromatic heterocycles. The molecule has 0 spiro atoms. The Morgan fingerprint density at radius 3 is 2.60 bits per heavy atom. The van der Waals surface area contributed by atoms with Crippen molar-refractivity contribution >= 4 is 0 Å². The maximum atomic E-state index is 5.63. The maximum absolute atomic E-state index is 5.63. The van der Waals surface area contributed by atoms with E-state index in [0.29, 0.717) is 12.1 Å².